The molecule has 1 heterocycles. The molecule has 4 heteroatoms. The maximum atomic E-state index is 13.4. The van der Waals surface area contributed by atoms with Gasteiger partial charge in [-0.15, -0.1) is 0 Å². The summed E-state index contributed by atoms with van der Waals surface area (Å²) in [7, 11) is 0. The van der Waals surface area contributed by atoms with Gasteiger partial charge in [0.2, 0.25) is 0 Å². The molecule has 0 radical (unpaired) electrons. The van der Waals surface area contributed by atoms with Gasteiger partial charge >= 0.3 is 0 Å². The van der Waals surface area contributed by atoms with Gasteiger partial charge in [0.15, 0.2) is 0 Å². The van der Waals surface area contributed by atoms with E-state index >= 15 is 0 Å². The van der Waals surface area contributed by atoms with Crippen LogP contribution in [0.5, 0.6) is 0 Å². The zero-order valence-corrected chi connectivity index (χ0v) is 12.5. The lowest BCUT2D eigenvalue weighted by atomic mass is 10.1. The largest absolute Gasteiger partial charge is 0.379 e. The van der Waals surface area contributed by atoms with Gasteiger partial charge in [0.05, 0.1) is 18.8 Å². The fraction of sp³-hybridized carbons (Fsp3) is 0.625. The minimum Gasteiger partial charge on any atom is -0.379 e. The molecule has 0 aromatic heterocycles. The molecule has 1 aromatic carbocycles. The maximum absolute atomic E-state index is 13.4. The number of hydrogen-bond donors (Lipinski definition) is 1. The highest BCUT2D eigenvalue weighted by Crippen LogP contribution is 2.23. The second kappa shape index (κ2) is 6.66. The summed E-state index contributed by atoms with van der Waals surface area (Å²) in [5.41, 5.74) is 0.870. The van der Waals surface area contributed by atoms with Gasteiger partial charge in [-0.1, -0.05) is 12.1 Å². The Labute approximate surface area is 120 Å². The van der Waals surface area contributed by atoms with Crippen LogP contribution in [0.15, 0.2) is 24.3 Å². The third kappa shape index (κ3) is 4.85. The standard InChI is InChI=1S/C16H24FNO2/c1-16(2,3)18-10-15(20-14-7-8-19-11-14)12-5-4-6-13(17)9-12/h4-6,9,14-15,18H,7-8,10-11H2,1-3H3. The summed E-state index contributed by atoms with van der Waals surface area (Å²) >= 11 is 0. The summed E-state index contributed by atoms with van der Waals surface area (Å²) < 4.78 is 24.9. The van der Waals surface area contributed by atoms with Crippen molar-refractivity contribution >= 4 is 0 Å². The molecule has 20 heavy (non-hydrogen) atoms. The monoisotopic (exact) mass is 281 g/mol. The molecular formula is C16H24FNO2. The van der Waals surface area contributed by atoms with Crippen molar-refractivity contribution in [2.45, 2.75) is 44.9 Å². The van der Waals surface area contributed by atoms with Gasteiger partial charge in [-0.2, -0.15) is 0 Å². The molecule has 1 saturated heterocycles. The van der Waals surface area contributed by atoms with Gasteiger partial charge in [-0.25, -0.2) is 4.39 Å². The van der Waals surface area contributed by atoms with Crippen LogP contribution in [0.4, 0.5) is 4.39 Å². The average molecular weight is 281 g/mol. The minimum absolute atomic E-state index is 0.00110. The molecular weight excluding hydrogens is 257 g/mol. The molecule has 0 aliphatic carbocycles. The summed E-state index contributed by atoms with van der Waals surface area (Å²) in [5, 5.41) is 3.43. The molecule has 3 nitrogen and oxygen atoms in total. The van der Waals surface area contributed by atoms with Gasteiger partial charge in [-0.05, 0) is 44.9 Å². The Bertz CT molecular complexity index is 425. The first kappa shape index (κ1) is 15.4. The zero-order chi connectivity index (χ0) is 14.6. The fourth-order valence-corrected chi connectivity index (χ4v) is 2.20. The van der Waals surface area contributed by atoms with Crippen molar-refractivity contribution in [3.8, 4) is 0 Å². The minimum atomic E-state index is -0.227. The van der Waals surface area contributed by atoms with E-state index in [9.17, 15) is 4.39 Å². The van der Waals surface area contributed by atoms with Crippen LogP contribution in [-0.4, -0.2) is 31.4 Å². The first-order chi connectivity index (χ1) is 9.44. The molecule has 0 bridgehead atoms. The Morgan fingerprint density at radius 2 is 2.25 bits per heavy atom. The van der Waals surface area contributed by atoms with E-state index in [2.05, 4.69) is 26.1 Å². The molecule has 1 aliphatic rings. The Hall–Kier alpha value is -0.970. The maximum Gasteiger partial charge on any atom is 0.123 e. The molecule has 1 aliphatic heterocycles. The van der Waals surface area contributed by atoms with Crippen molar-refractivity contribution in [1.29, 1.82) is 0 Å². The SMILES string of the molecule is CC(C)(C)NCC(OC1CCOC1)c1cccc(F)c1. The lowest BCUT2D eigenvalue weighted by Crippen LogP contribution is -2.39. The Morgan fingerprint density at radius 3 is 2.85 bits per heavy atom. The normalized spacial score (nSPS) is 21.1. The van der Waals surface area contributed by atoms with Gasteiger partial charge in [0.25, 0.3) is 0 Å². The van der Waals surface area contributed by atoms with E-state index in [-0.39, 0.29) is 23.6 Å². The fourth-order valence-electron chi connectivity index (χ4n) is 2.20. The smallest absolute Gasteiger partial charge is 0.123 e. The van der Waals surface area contributed by atoms with Crippen LogP contribution in [0.25, 0.3) is 0 Å². The highest BCUT2D eigenvalue weighted by molar-refractivity contribution is 5.19. The number of nitrogens with one attached hydrogen (secondary N) is 1. The summed E-state index contributed by atoms with van der Waals surface area (Å²) in [5.74, 6) is -0.227. The van der Waals surface area contributed by atoms with E-state index < -0.39 is 0 Å². The van der Waals surface area contributed by atoms with Gasteiger partial charge < -0.3 is 14.8 Å². The second-order valence-electron chi connectivity index (χ2n) is 6.30. The lowest BCUT2D eigenvalue weighted by molar-refractivity contribution is -0.0189. The van der Waals surface area contributed by atoms with E-state index in [1.54, 1.807) is 12.1 Å². The predicted molar refractivity (Wildman–Crippen MR) is 77.2 cm³/mol. The Kier molecular flexibility index (Phi) is 5.13. The summed E-state index contributed by atoms with van der Waals surface area (Å²) in [4.78, 5) is 0. The number of halogens is 1. The number of hydrogen-bond acceptors (Lipinski definition) is 3. The highest BCUT2D eigenvalue weighted by atomic mass is 19.1. The van der Waals surface area contributed by atoms with E-state index in [0.717, 1.165) is 18.6 Å². The number of rotatable bonds is 5. The molecule has 112 valence electrons. The molecule has 2 unspecified atom stereocenters. The number of ether oxygens (including phenoxy) is 2. The van der Waals surface area contributed by atoms with Gasteiger partial charge in [0, 0.05) is 18.7 Å². The van der Waals surface area contributed by atoms with Crippen LogP contribution < -0.4 is 5.32 Å². The third-order valence-corrected chi connectivity index (χ3v) is 3.28. The average Bonchev–Trinajstić information content (AvgIpc) is 2.86. The first-order valence-corrected chi connectivity index (χ1v) is 7.18. The van der Waals surface area contributed by atoms with Crippen LogP contribution in [0.1, 0.15) is 38.9 Å². The first-order valence-electron chi connectivity index (χ1n) is 7.18. The Balaban J connectivity index is 2.06. The van der Waals surface area contributed by atoms with Crippen molar-refractivity contribution in [1.82, 2.24) is 5.32 Å². The molecule has 2 rings (SSSR count). The summed E-state index contributed by atoms with van der Waals surface area (Å²) in [6, 6.07) is 6.64. The molecule has 1 aromatic rings. The summed E-state index contributed by atoms with van der Waals surface area (Å²) in [6.45, 7) is 8.34. The predicted octanol–water partition coefficient (Wildman–Crippen LogP) is 3.06. The quantitative estimate of drug-likeness (QED) is 0.900. The number of benzene rings is 1. The molecule has 1 fully saturated rings. The van der Waals surface area contributed by atoms with E-state index in [1.807, 2.05) is 6.07 Å². The van der Waals surface area contributed by atoms with E-state index in [1.165, 1.54) is 6.07 Å². The van der Waals surface area contributed by atoms with Crippen LogP contribution in [0, 0.1) is 5.82 Å². The van der Waals surface area contributed by atoms with Gasteiger partial charge in [-0.3, -0.25) is 0 Å². The highest BCUT2D eigenvalue weighted by Gasteiger charge is 2.23. The van der Waals surface area contributed by atoms with Crippen LogP contribution >= 0.6 is 0 Å². The molecule has 1 N–H and O–H groups in total. The summed E-state index contributed by atoms with van der Waals surface area (Å²) in [6.07, 6.45) is 0.850. The molecule has 2 atom stereocenters. The second-order valence-corrected chi connectivity index (χ2v) is 6.30. The van der Waals surface area contributed by atoms with Crippen molar-refractivity contribution in [2.75, 3.05) is 19.8 Å². The molecule has 0 amide bonds. The lowest BCUT2D eigenvalue weighted by Gasteiger charge is -2.27. The van der Waals surface area contributed by atoms with Crippen molar-refractivity contribution in [3.63, 3.8) is 0 Å². The topological polar surface area (TPSA) is 30.5 Å². The van der Waals surface area contributed by atoms with Crippen LogP contribution in [0.3, 0.4) is 0 Å². The van der Waals surface area contributed by atoms with Crippen LogP contribution in [-0.2, 0) is 9.47 Å². The zero-order valence-electron chi connectivity index (χ0n) is 12.5. The van der Waals surface area contributed by atoms with Crippen molar-refractivity contribution in [3.05, 3.63) is 35.6 Å². The van der Waals surface area contributed by atoms with Gasteiger partial charge in [0.1, 0.15) is 5.82 Å². The van der Waals surface area contributed by atoms with Crippen molar-refractivity contribution < 1.29 is 13.9 Å². The van der Waals surface area contributed by atoms with E-state index in [4.69, 9.17) is 9.47 Å². The Morgan fingerprint density at radius 1 is 1.45 bits per heavy atom. The molecule has 0 spiro atoms. The van der Waals surface area contributed by atoms with Crippen LogP contribution in [0.2, 0.25) is 0 Å². The van der Waals surface area contributed by atoms with E-state index in [0.29, 0.717) is 13.2 Å². The molecule has 0 saturated carbocycles. The van der Waals surface area contributed by atoms with Crippen molar-refractivity contribution in [2.24, 2.45) is 0 Å². The third-order valence-electron chi connectivity index (χ3n) is 3.28.